The van der Waals surface area contributed by atoms with Crippen LogP contribution < -0.4 is 5.73 Å². The third-order valence-corrected chi connectivity index (χ3v) is 3.96. The zero-order valence-electron chi connectivity index (χ0n) is 10.9. The fourth-order valence-corrected chi connectivity index (χ4v) is 3.00. The van der Waals surface area contributed by atoms with Crippen molar-refractivity contribution < 1.29 is 14.3 Å². The van der Waals surface area contributed by atoms with Gasteiger partial charge in [0.15, 0.2) is 0 Å². The molecule has 2 bridgehead atoms. The molecule has 0 aromatic heterocycles. The number of imide groups is 1. The van der Waals surface area contributed by atoms with Crippen molar-refractivity contribution in [1.29, 1.82) is 0 Å². The molecule has 2 rings (SSSR count). The topological polar surface area (TPSA) is 72.6 Å². The molecule has 1 aliphatic carbocycles. The van der Waals surface area contributed by atoms with E-state index in [0.717, 1.165) is 25.7 Å². The zero-order valence-corrected chi connectivity index (χ0v) is 10.9. The number of fused-ring (bicyclic) bond motifs is 2. The first-order valence-corrected chi connectivity index (χ1v) is 6.84. The number of hydrogen-bond acceptors (Lipinski definition) is 4. The molecule has 5 heteroatoms. The Labute approximate surface area is 108 Å². The van der Waals surface area contributed by atoms with E-state index in [1.54, 1.807) is 0 Å². The number of ether oxygens (including phenoxy) is 1. The predicted molar refractivity (Wildman–Crippen MR) is 66.6 cm³/mol. The highest BCUT2D eigenvalue weighted by Gasteiger charge is 2.43. The van der Waals surface area contributed by atoms with Gasteiger partial charge in [0.1, 0.15) is 0 Å². The first kappa shape index (κ1) is 13.5. The number of carbonyl (C=O) groups excluding carboxylic acids is 2. The summed E-state index contributed by atoms with van der Waals surface area (Å²) >= 11 is 0. The highest BCUT2D eigenvalue weighted by Crippen LogP contribution is 2.36. The second-order valence-electron chi connectivity index (χ2n) is 5.16. The van der Waals surface area contributed by atoms with E-state index in [-0.39, 0.29) is 29.8 Å². The molecule has 18 heavy (non-hydrogen) atoms. The lowest BCUT2D eigenvalue weighted by Crippen LogP contribution is -2.54. The third kappa shape index (κ3) is 2.57. The van der Waals surface area contributed by atoms with E-state index >= 15 is 0 Å². The SMILES string of the molecule is CCOC(CN)CN1C(=O)C2CCCC(C2)C1=O. The number of amides is 2. The number of piperidine rings is 1. The van der Waals surface area contributed by atoms with Gasteiger partial charge in [0.25, 0.3) is 0 Å². The monoisotopic (exact) mass is 254 g/mol. The van der Waals surface area contributed by atoms with Gasteiger partial charge in [-0.15, -0.1) is 0 Å². The number of nitrogens with two attached hydrogens (primary N) is 1. The van der Waals surface area contributed by atoms with E-state index < -0.39 is 0 Å². The van der Waals surface area contributed by atoms with Crippen LogP contribution in [0.2, 0.25) is 0 Å². The fraction of sp³-hybridized carbons (Fsp3) is 0.846. The van der Waals surface area contributed by atoms with Crippen molar-refractivity contribution in [3.05, 3.63) is 0 Å². The lowest BCUT2D eigenvalue weighted by Gasteiger charge is -2.39. The zero-order chi connectivity index (χ0) is 13.1. The van der Waals surface area contributed by atoms with Crippen molar-refractivity contribution in [2.45, 2.75) is 38.7 Å². The molecule has 2 N–H and O–H groups in total. The third-order valence-electron chi connectivity index (χ3n) is 3.96. The summed E-state index contributed by atoms with van der Waals surface area (Å²) in [6.07, 6.45) is 3.34. The maximum absolute atomic E-state index is 12.2. The summed E-state index contributed by atoms with van der Waals surface area (Å²) < 4.78 is 5.44. The molecule has 5 nitrogen and oxygen atoms in total. The Bertz CT molecular complexity index is 310. The maximum Gasteiger partial charge on any atom is 0.232 e. The van der Waals surface area contributed by atoms with Crippen LogP contribution in [0.25, 0.3) is 0 Å². The fourth-order valence-electron chi connectivity index (χ4n) is 3.00. The molecular formula is C13H22N2O3. The summed E-state index contributed by atoms with van der Waals surface area (Å²) in [5.74, 6) is 0.0474. The van der Waals surface area contributed by atoms with E-state index in [0.29, 0.717) is 19.7 Å². The Morgan fingerprint density at radius 1 is 1.33 bits per heavy atom. The summed E-state index contributed by atoms with van der Waals surface area (Å²) in [6.45, 7) is 3.08. The number of likely N-dealkylation sites (tertiary alicyclic amines) is 1. The molecule has 1 saturated carbocycles. The Kier molecular flexibility index (Phi) is 4.35. The lowest BCUT2D eigenvalue weighted by molar-refractivity contribution is -0.160. The van der Waals surface area contributed by atoms with Crippen LogP contribution in [0, 0.1) is 11.8 Å². The molecule has 2 aliphatic rings. The van der Waals surface area contributed by atoms with Gasteiger partial charge in [-0.2, -0.15) is 0 Å². The van der Waals surface area contributed by atoms with Crippen molar-refractivity contribution in [2.24, 2.45) is 17.6 Å². The number of nitrogens with zero attached hydrogens (tertiary/aromatic N) is 1. The second kappa shape index (κ2) is 5.80. The van der Waals surface area contributed by atoms with Crippen LogP contribution >= 0.6 is 0 Å². The van der Waals surface area contributed by atoms with Crippen molar-refractivity contribution in [1.82, 2.24) is 4.90 Å². The quantitative estimate of drug-likeness (QED) is 0.726. The molecule has 0 spiro atoms. The molecule has 1 aliphatic heterocycles. The average molecular weight is 254 g/mol. The molecule has 0 aromatic carbocycles. The standard InChI is InChI=1S/C13H22N2O3/c1-2-18-11(7-14)8-15-12(16)9-4-3-5-10(6-9)13(15)17/h9-11H,2-8,14H2,1H3. The maximum atomic E-state index is 12.2. The van der Waals surface area contributed by atoms with Crippen molar-refractivity contribution >= 4 is 11.8 Å². The molecule has 102 valence electrons. The Hall–Kier alpha value is -0.940. The second-order valence-corrected chi connectivity index (χ2v) is 5.16. The predicted octanol–water partition coefficient (Wildman–Crippen LogP) is 0.525. The Morgan fingerprint density at radius 2 is 1.94 bits per heavy atom. The smallest absolute Gasteiger partial charge is 0.232 e. The van der Waals surface area contributed by atoms with E-state index in [2.05, 4.69) is 0 Å². The van der Waals surface area contributed by atoms with E-state index in [9.17, 15) is 9.59 Å². The molecular weight excluding hydrogens is 232 g/mol. The molecule has 0 radical (unpaired) electrons. The van der Waals surface area contributed by atoms with E-state index in [4.69, 9.17) is 10.5 Å². The van der Waals surface area contributed by atoms with Gasteiger partial charge in [-0.05, 0) is 26.2 Å². The van der Waals surface area contributed by atoms with Crippen LogP contribution in [0.15, 0.2) is 0 Å². The van der Waals surface area contributed by atoms with Gasteiger partial charge in [0, 0.05) is 25.0 Å². The highest BCUT2D eigenvalue weighted by molar-refractivity contribution is 6.00. The number of rotatable bonds is 5. The molecule has 3 atom stereocenters. The van der Waals surface area contributed by atoms with Gasteiger partial charge < -0.3 is 10.5 Å². The lowest BCUT2D eigenvalue weighted by atomic mass is 9.77. The summed E-state index contributed by atoms with van der Waals surface area (Å²) in [5, 5.41) is 0. The van der Waals surface area contributed by atoms with Crippen LogP contribution in [0.5, 0.6) is 0 Å². The van der Waals surface area contributed by atoms with Crippen LogP contribution in [0.1, 0.15) is 32.6 Å². The van der Waals surface area contributed by atoms with Gasteiger partial charge in [-0.1, -0.05) is 6.42 Å². The average Bonchev–Trinajstić information content (AvgIpc) is 2.41. The minimum atomic E-state index is -0.235. The van der Waals surface area contributed by atoms with Gasteiger partial charge in [0.2, 0.25) is 11.8 Å². The van der Waals surface area contributed by atoms with Crippen molar-refractivity contribution in [2.75, 3.05) is 19.7 Å². The minimum absolute atomic E-state index is 0.0193. The van der Waals surface area contributed by atoms with E-state index in [1.165, 1.54) is 4.90 Å². The van der Waals surface area contributed by atoms with E-state index in [1.807, 2.05) is 6.92 Å². The van der Waals surface area contributed by atoms with Gasteiger partial charge in [-0.25, -0.2) is 0 Å². The molecule has 3 unspecified atom stereocenters. The summed E-state index contributed by atoms with van der Waals surface area (Å²) in [7, 11) is 0. The first-order valence-electron chi connectivity index (χ1n) is 6.84. The minimum Gasteiger partial charge on any atom is -0.375 e. The number of hydrogen-bond donors (Lipinski definition) is 1. The highest BCUT2D eigenvalue weighted by atomic mass is 16.5. The van der Waals surface area contributed by atoms with Crippen LogP contribution in [-0.4, -0.2) is 42.5 Å². The molecule has 2 fully saturated rings. The largest absolute Gasteiger partial charge is 0.375 e. The van der Waals surface area contributed by atoms with Crippen LogP contribution in [-0.2, 0) is 14.3 Å². The normalized spacial score (nSPS) is 29.6. The molecule has 1 heterocycles. The van der Waals surface area contributed by atoms with Crippen LogP contribution in [0.4, 0.5) is 0 Å². The van der Waals surface area contributed by atoms with Gasteiger partial charge >= 0.3 is 0 Å². The molecule has 1 saturated heterocycles. The summed E-state index contributed by atoms with van der Waals surface area (Å²) in [6, 6.07) is 0. The van der Waals surface area contributed by atoms with Gasteiger partial charge in [-0.3, -0.25) is 14.5 Å². The van der Waals surface area contributed by atoms with Crippen LogP contribution in [0.3, 0.4) is 0 Å². The Morgan fingerprint density at radius 3 is 2.44 bits per heavy atom. The first-order chi connectivity index (χ1) is 8.67. The number of carbonyl (C=O) groups is 2. The van der Waals surface area contributed by atoms with Gasteiger partial charge in [0.05, 0.1) is 12.6 Å². The summed E-state index contributed by atoms with van der Waals surface area (Å²) in [5.41, 5.74) is 5.61. The molecule has 2 amide bonds. The molecule has 0 aromatic rings. The van der Waals surface area contributed by atoms with Crippen molar-refractivity contribution in [3.8, 4) is 0 Å². The summed E-state index contributed by atoms with van der Waals surface area (Å²) in [4.78, 5) is 25.8. The van der Waals surface area contributed by atoms with Crippen molar-refractivity contribution in [3.63, 3.8) is 0 Å². The Balaban J connectivity index is 2.05.